The van der Waals surface area contributed by atoms with Crippen molar-refractivity contribution < 1.29 is 13.9 Å². The Labute approximate surface area is 177 Å². The zero-order valence-corrected chi connectivity index (χ0v) is 17.6. The molecule has 30 heavy (non-hydrogen) atoms. The van der Waals surface area contributed by atoms with Crippen molar-refractivity contribution in [2.75, 3.05) is 10.6 Å². The molecule has 2 aromatic carbocycles. The molecule has 0 saturated carbocycles. The first-order chi connectivity index (χ1) is 14.4. The zero-order valence-electron chi connectivity index (χ0n) is 16.8. The second-order valence-corrected chi connectivity index (χ2v) is 8.61. The Morgan fingerprint density at radius 2 is 1.93 bits per heavy atom. The van der Waals surface area contributed by atoms with Gasteiger partial charge in [0.05, 0.1) is 10.2 Å². The molecule has 1 amide bonds. The van der Waals surface area contributed by atoms with Gasteiger partial charge in [0, 0.05) is 12.1 Å². The van der Waals surface area contributed by atoms with Gasteiger partial charge in [-0.2, -0.15) is 0 Å². The van der Waals surface area contributed by atoms with E-state index in [-0.39, 0.29) is 0 Å². The second-order valence-electron chi connectivity index (χ2n) is 7.58. The number of carbonyl (C=O) groups excluding carboxylic acids is 1. The maximum atomic E-state index is 12.0. The lowest BCUT2D eigenvalue weighted by Gasteiger charge is -2.18. The average molecular weight is 423 g/mol. The van der Waals surface area contributed by atoms with Crippen LogP contribution in [-0.2, 0) is 11.3 Å². The summed E-state index contributed by atoms with van der Waals surface area (Å²) in [5.41, 5.74) is 2.08. The van der Waals surface area contributed by atoms with Crippen LogP contribution in [0.1, 0.15) is 26.3 Å². The minimum absolute atomic E-state index is 0.352. The molecule has 0 atom stereocenters. The van der Waals surface area contributed by atoms with Crippen LogP contribution >= 0.6 is 11.3 Å². The van der Waals surface area contributed by atoms with Crippen molar-refractivity contribution in [2.24, 2.45) is 0 Å². The topological polar surface area (TPSA) is 102 Å². The third-order valence-electron chi connectivity index (χ3n) is 3.95. The molecule has 0 fully saturated rings. The number of benzene rings is 2. The molecule has 4 rings (SSSR count). The zero-order chi connectivity index (χ0) is 21.1. The quantitative estimate of drug-likeness (QED) is 0.449. The van der Waals surface area contributed by atoms with Gasteiger partial charge in [0.15, 0.2) is 5.13 Å². The number of carbonyl (C=O) groups is 1. The van der Waals surface area contributed by atoms with E-state index in [4.69, 9.17) is 9.15 Å². The summed E-state index contributed by atoms with van der Waals surface area (Å²) in [6.07, 6.45) is -0.534. The largest absolute Gasteiger partial charge is 0.444 e. The van der Waals surface area contributed by atoms with Gasteiger partial charge in [0.1, 0.15) is 5.60 Å². The number of amides is 1. The Hall–Kier alpha value is -3.46. The van der Waals surface area contributed by atoms with Crippen molar-refractivity contribution in [2.45, 2.75) is 32.9 Å². The summed E-state index contributed by atoms with van der Waals surface area (Å²) in [5.74, 6) is 0.405. The Bertz CT molecular complexity index is 1160. The molecule has 0 unspecified atom stereocenters. The number of hydrogen-bond acceptors (Lipinski definition) is 8. The van der Waals surface area contributed by atoms with Gasteiger partial charge in [-0.1, -0.05) is 46.8 Å². The summed E-state index contributed by atoms with van der Waals surface area (Å²) >= 11 is 1.35. The van der Waals surface area contributed by atoms with Crippen LogP contribution in [0.25, 0.3) is 21.7 Å². The summed E-state index contributed by atoms with van der Waals surface area (Å²) < 4.78 is 11.9. The van der Waals surface area contributed by atoms with Gasteiger partial charge in [-0.05, 0) is 44.5 Å². The minimum atomic E-state index is -0.571. The number of rotatable bonds is 5. The Kier molecular flexibility index (Phi) is 5.37. The number of ether oxygens (including phenoxy) is 1. The molecule has 2 N–H and O–H groups in total. The van der Waals surface area contributed by atoms with E-state index in [0.29, 0.717) is 23.6 Å². The molecule has 8 nitrogen and oxygen atoms in total. The van der Waals surface area contributed by atoms with Crippen molar-refractivity contribution in [3.05, 3.63) is 54.1 Å². The maximum absolute atomic E-state index is 12.0. The second kappa shape index (κ2) is 8.11. The molecule has 0 aliphatic heterocycles. The van der Waals surface area contributed by atoms with Gasteiger partial charge in [-0.3, -0.25) is 5.32 Å². The number of thiazole rings is 1. The van der Waals surface area contributed by atoms with Gasteiger partial charge in [0.25, 0.3) is 0 Å². The third-order valence-corrected chi connectivity index (χ3v) is 4.89. The summed E-state index contributed by atoms with van der Waals surface area (Å²) in [5, 5.41) is 14.4. The summed E-state index contributed by atoms with van der Waals surface area (Å²) in [6, 6.07) is 15.9. The number of nitrogens with one attached hydrogen (secondary N) is 2. The lowest BCUT2D eigenvalue weighted by molar-refractivity contribution is 0.0636. The number of aromatic nitrogens is 3. The molecule has 2 aromatic heterocycles. The van der Waals surface area contributed by atoms with Gasteiger partial charge in [0.2, 0.25) is 5.89 Å². The highest BCUT2D eigenvalue weighted by Gasteiger charge is 2.18. The van der Waals surface area contributed by atoms with Crippen LogP contribution in [0.4, 0.5) is 15.9 Å². The van der Waals surface area contributed by atoms with E-state index in [1.807, 2.05) is 69.3 Å². The van der Waals surface area contributed by atoms with Crippen LogP contribution in [0.15, 0.2) is 52.9 Å². The van der Waals surface area contributed by atoms with Crippen molar-refractivity contribution >= 4 is 38.8 Å². The minimum Gasteiger partial charge on any atom is -0.444 e. The average Bonchev–Trinajstić information content (AvgIpc) is 3.31. The molecule has 154 valence electrons. The van der Waals surface area contributed by atoms with Gasteiger partial charge in [-0.25, -0.2) is 9.78 Å². The van der Waals surface area contributed by atoms with E-state index in [1.165, 1.54) is 11.3 Å². The first kappa shape index (κ1) is 19.8. The van der Waals surface area contributed by atoms with E-state index in [1.54, 1.807) is 0 Å². The molecule has 9 heteroatoms. The van der Waals surface area contributed by atoms with Crippen LogP contribution in [-0.4, -0.2) is 26.9 Å². The fourth-order valence-electron chi connectivity index (χ4n) is 2.69. The molecular weight excluding hydrogens is 402 g/mol. The molecule has 0 saturated heterocycles. The number of fused-ring (bicyclic) bond motifs is 1. The smallest absolute Gasteiger partial charge is 0.413 e. The highest BCUT2D eigenvalue weighted by Crippen LogP contribution is 2.30. The third kappa shape index (κ3) is 4.93. The van der Waals surface area contributed by atoms with Crippen molar-refractivity contribution in [1.29, 1.82) is 0 Å². The van der Waals surface area contributed by atoms with E-state index in [9.17, 15) is 4.79 Å². The van der Waals surface area contributed by atoms with E-state index < -0.39 is 11.7 Å². The van der Waals surface area contributed by atoms with Crippen molar-refractivity contribution in [3.63, 3.8) is 0 Å². The van der Waals surface area contributed by atoms with Crippen LogP contribution in [0.5, 0.6) is 0 Å². The van der Waals surface area contributed by atoms with E-state index in [0.717, 1.165) is 21.3 Å². The van der Waals surface area contributed by atoms with Gasteiger partial charge in [-0.15, -0.1) is 5.10 Å². The number of nitrogens with zero attached hydrogens (tertiary/aromatic N) is 3. The molecule has 0 spiro atoms. The van der Waals surface area contributed by atoms with Gasteiger partial charge < -0.3 is 14.5 Å². The molecule has 0 radical (unpaired) electrons. The van der Waals surface area contributed by atoms with E-state index >= 15 is 0 Å². The Morgan fingerprint density at radius 1 is 1.13 bits per heavy atom. The monoisotopic (exact) mass is 423 g/mol. The number of hydrogen-bond donors (Lipinski definition) is 2. The molecule has 2 heterocycles. The van der Waals surface area contributed by atoms with Crippen LogP contribution < -0.4 is 10.6 Å². The lowest BCUT2D eigenvalue weighted by atomic mass is 10.2. The fourth-order valence-corrected chi connectivity index (χ4v) is 3.58. The van der Waals surface area contributed by atoms with Crippen LogP contribution in [0.3, 0.4) is 0 Å². The van der Waals surface area contributed by atoms with Crippen LogP contribution in [0.2, 0.25) is 0 Å². The highest BCUT2D eigenvalue weighted by atomic mass is 32.1. The van der Waals surface area contributed by atoms with Crippen molar-refractivity contribution in [1.82, 2.24) is 15.2 Å². The molecular formula is C21H21N5O3S. The molecule has 0 aliphatic rings. The summed E-state index contributed by atoms with van der Waals surface area (Å²) in [4.78, 5) is 16.4. The van der Waals surface area contributed by atoms with Gasteiger partial charge >= 0.3 is 12.1 Å². The van der Waals surface area contributed by atoms with Crippen molar-refractivity contribution in [3.8, 4) is 11.5 Å². The lowest BCUT2D eigenvalue weighted by Crippen LogP contribution is -2.27. The van der Waals surface area contributed by atoms with E-state index in [2.05, 4.69) is 25.8 Å². The Balaban J connectivity index is 1.46. The first-order valence-corrected chi connectivity index (χ1v) is 10.2. The predicted octanol–water partition coefficient (Wildman–Crippen LogP) is 5.31. The summed E-state index contributed by atoms with van der Waals surface area (Å²) in [6.45, 7) is 6.02. The molecule has 0 bridgehead atoms. The highest BCUT2D eigenvalue weighted by molar-refractivity contribution is 7.22. The first-order valence-electron chi connectivity index (χ1n) is 9.38. The molecule has 0 aliphatic carbocycles. The number of anilines is 2. The normalized spacial score (nSPS) is 11.4. The van der Waals surface area contributed by atoms with Crippen LogP contribution in [0, 0.1) is 0 Å². The predicted molar refractivity (Wildman–Crippen MR) is 117 cm³/mol. The fraction of sp³-hybridized carbons (Fsp3) is 0.238. The maximum Gasteiger partial charge on any atom is 0.413 e. The SMILES string of the molecule is CC(C)(C)OC(=O)Nc1nc2ccc(-c3nnc(NCc4ccccc4)o3)cc2s1. The Morgan fingerprint density at radius 3 is 2.70 bits per heavy atom. The molecule has 4 aromatic rings. The standard InChI is InChI=1S/C21H21N5O3S/c1-21(2,3)29-20(27)24-19-23-15-10-9-14(11-16(15)30-19)17-25-26-18(28-17)22-12-13-7-5-4-6-8-13/h4-11H,12H2,1-3H3,(H,22,26)(H,23,24,27). The summed E-state index contributed by atoms with van der Waals surface area (Å²) in [7, 11) is 0.